The van der Waals surface area contributed by atoms with Gasteiger partial charge in [0, 0.05) is 13.0 Å². The summed E-state index contributed by atoms with van der Waals surface area (Å²) in [4.78, 5) is 26.4. The van der Waals surface area contributed by atoms with Crippen LogP contribution in [-0.2, 0) is 9.53 Å². The minimum absolute atomic E-state index is 0.0717. The monoisotopic (exact) mass is 241 g/mol. The van der Waals surface area contributed by atoms with Crippen molar-refractivity contribution in [3.63, 3.8) is 0 Å². The summed E-state index contributed by atoms with van der Waals surface area (Å²) < 4.78 is 5.00. The number of nitrogens with one attached hydrogen (secondary N) is 2. The summed E-state index contributed by atoms with van der Waals surface area (Å²) in [6.07, 6.45) is 0.206. The number of carbonyl (C=O) groups is 2. The molecule has 1 aliphatic rings. The summed E-state index contributed by atoms with van der Waals surface area (Å²) in [6, 6.07) is 0. The molecule has 0 spiro atoms. The van der Waals surface area contributed by atoms with E-state index in [4.69, 9.17) is 15.6 Å². The van der Waals surface area contributed by atoms with Gasteiger partial charge in [-0.25, -0.2) is 4.79 Å². The molecule has 1 aromatic heterocycles. The van der Waals surface area contributed by atoms with Crippen LogP contribution in [0.15, 0.2) is 0 Å². The van der Waals surface area contributed by atoms with Crippen molar-refractivity contribution < 1.29 is 19.4 Å². The first-order valence-corrected chi connectivity index (χ1v) is 4.85. The minimum atomic E-state index is -1.40. The molecule has 1 aromatic rings. The normalized spacial score (nSPS) is 23.5. The van der Waals surface area contributed by atoms with Crippen LogP contribution in [0.2, 0.25) is 0 Å². The molecular weight excluding hydrogens is 230 g/mol. The maximum Gasteiger partial charge on any atom is 0.331 e. The van der Waals surface area contributed by atoms with Gasteiger partial charge in [0.1, 0.15) is 0 Å². The molecule has 2 rings (SSSR count). The van der Waals surface area contributed by atoms with Gasteiger partial charge in [-0.1, -0.05) is 0 Å². The van der Waals surface area contributed by atoms with E-state index in [1.165, 1.54) is 0 Å². The summed E-state index contributed by atoms with van der Waals surface area (Å²) in [5, 5.41) is 17.3. The fourth-order valence-corrected chi connectivity index (χ4v) is 1.54. The molecule has 9 heteroatoms. The van der Waals surface area contributed by atoms with Crippen LogP contribution in [0.3, 0.4) is 0 Å². The third-order valence-electron chi connectivity index (χ3n) is 2.50. The highest BCUT2D eigenvalue weighted by Gasteiger charge is 2.44. The van der Waals surface area contributed by atoms with Gasteiger partial charge in [-0.05, 0) is 0 Å². The lowest BCUT2D eigenvalue weighted by Gasteiger charge is -2.22. The molecule has 0 aliphatic carbocycles. The van der Waals surface area contributed by atoms with Gasteiger partial charge in [-0.3, -0.25) is 9.89 Å². The summed E-state index contributed by atoms with van der Waals surface area (Å²) in [5.41, 5.74) is 3.84. The van der Waals surface area contributed by atoms with Gasteiger partial charge >= 0.3 is 5.97 Å². The topological polar surface area (TPSA) is 143 Å². The lowest BCUT2D eigenvalue weighted by atomic mass is 9.99. The van der Waals surface area contributed by atoms with Crippen LogP contribution in [0, 0.1) is 0 Å². The number of H-pyrrole nitrogens is 1. The van der Waals surface area contributed by atoms with Crippen molar-refractivity contribution in [3.05, 3.63) is 5.82 Å². The standard InChI is InChI=1S/C8H11N5O4/c9-7-10-4(12-13-7)5(14)11-8(6(15)16)1-2-17-3-8/h1-3H2,(H,11,14)(H,15,16)(H3,9,10,12,13). The zero-order chi connectivity index (χ0) is 12.5. The van der Waals surface area contributed by atoms with Crippen LogP contribution >= 0.6 is 0 Å². The molecule has 1 fully saturated rings. The molecule has 0 bridgehead atoms. The van der Waals surface area contributed by atoms with E-state index in [0.29, 0.717) is 0 Å². The number of hydrogen-bond donors (Lipinski definition) is 4. The average molecular weight is 241 g/mol. The zero-order valence-corrected chi connectivity index (χ0v) is 8.77. The second-order valence-electron chi connectivity index (χ2n) is 3.69. The van der Waals surface area contributed by atoms with E-state index in [1.54, 1.807) is 0 Å². The fourth-order valence-electron chi connectivity index (χ4n) is 1.54. The summed E-state index contributed by atoms with van der Waals surface area (Å²) in [7, 11) is 0. The molecule has 0 radical (unpaired) electrons. The Balaban J connectivity index is 2.14. The molecular formula is C8H11N5O4. The molecule has 92 valence electrons. The Labute approximate surface area is 95.4 Å². The van der Waals surface area contributed by atoms with Crippen LogP contribution < -0.4 is 11.1 Å². The number of rotatable bonds is 3. The SMILES string of the molecule is Nc1n[nH]c(C(=O)NC2(C(=O)O)CCOC2)n1. The van der Waals surface area contributed by atoms with Crippen molar-refractivity contribution in [1.82, 2.24) is 20.5 Å². The van der Waals surface area contributed by atoms with Gasteiger partial charge in [0.2, 0.25) is 11.8 Å². The van der Waals surface area contributed by atoms with E-state index < -0.39 is 17.4 Å². The molecule has 17 heavy (non-hydrogen) atoms. The number of aromatic amines is 1. The Morgan fingerprint density at radius 1 is 1.59 bits per heavy atom. The predicted molar refractivity (Wildman–Crippen MR) is 54.1 cm³/mol. The maximum atomic E-state index is 11.7. The Kier molecular flexibility index (Phi) is 2.68. The summed E-state index contributed by atoms with van der Waals surface area (Å²) in [5.74, 6) is -2.03. The van der Waals surface area contributed by atoms with E-state index >= 15 is 0 Å². The number of carboxylic acids is 1. The first-order chi connectivity index (χ1) is 8.03. The number of nitrogen functional groups attached to an aromatic ring is 1. The molecule has 1 saturated heterocycles. The van der Waals surface area contributed by atoms with E-state index in [0.717, 1.165) is 0 Å². The molecule has 1 aliphatic heterocycles. The second-order valence-corrected chi connectivity index (χ2v) is 3.69. The molecule has 1 unspecified atom stereocenters. The van der Waals surface area contributed by atoms with Gasteiger partial charge in [-0.2, -0.15) is 4.98 Å². The number of carbonyl (C=O) groups excluding carboxylic acids is 1. The maximum absolute atomic E-state index is 11.7. The third kappa shape index (κ3) is 2.04. The number of aromatic nitrogens is 3. The van der Waals surface area contributed by atoms with Gasteiger partial charge in [0.25, 0.3) is 5.91 Å². The number of hydrogen-bond acceptors (Lipinski definition) is 6. The molecule has 0 aromatic carbocycles. The number of anilines is 1. The molecule has 0 saturated carbocycles. The minimum Gasteiger partial charge on any atom is -0.479 e. The van der Waals surface area contributed by atoms with Crippen LogP contribution in [0.25, 0.3) is 0 Å². The van der Waals surface area contributed by atoms with E-state index in [-0.39, 0.29) is 31.4 Å². The average Bonchev–Trinajstić information content (AvgIpc) is 2.87. The van der Waals surface area contributed by atoms with E-state index in [9.17, 15) is 9.59 Å². The summed E-state index contributed by atoms with van der Waals surface area (Å²) in [6.45, 7) is 0.211. The van der Waals surface area contributed by atoms with Crippen molar-refractivity contribution in [2.24, 2.45) is 0 Å². The number of aliphatic carboxylic acids is 1. The number of carboxylic acid groups (broad SMARTS) is 1. The van der Waals surface area contributed by atoms with Crippen molar-refractivity contribution in [1.29, 1.82) is 0 Å². The third-order valence-corrected chi connectivity index (χ3v) is 2.50. The highest BCUT2D eigenvalue weighted by atomic mass is 16.5. The van der Waals surface area contributed by atoms with Gasteiger partial charge in [0.05, 0.1) is 6.61 Å². The van der Waals surface area contributed by atoms with Gasteiger partial charge in [-0.15, -0.1) is 5.10 Å². The second kappa shape index (κ2) is 4.01. The first kappa shape index (κ1) is 11.3. The highest BCUT2D eigenvalue weighted by molar-refractivity contribution is 5.95. The highest BCUT2D eigenvalue weighted by Crippen LogP contribution is 2.19. The lowest BCUT2D eigenvalue weighted by molar-refractivity contribution is -0.144. The van der Waals surface area contributed by atoms with Crippen LogP contribution in [0.1, 0.15) is 17.0 Å². The van der Waals surface area contributed by atoms with Gasteiger partial charge < -0.3 is 20.9 Å². The smallest absolute Gasteiger partial charge is 0.331 e. The molecule has 5 N–H and O–H groups in total. The Hall–Kier alpha value is -2.16. The van der Waals surface area contributed by atoms with E-state index in [1.807, 2.05) is 0 Å². The van der Waals surface area contributed by atoms with Crippen molar-refractivity contribution in [3.8, 4) is 0 Å². The van der Waals surface area contributed by atoms with Crippen molar-refractivity contribution >= 4 is 17.8 Å². The molecule has 1 atom stereocenters. The van der Waals surface area contributed by atoms with Crippen LogP contribution in [-0.4, -0.2) is 50.9 Å². The molecule has 9 nitrogen and oxygen atoms in total. The Morgan fingerprint density at radius 3 is 2.82 bits per heavy atom. The Bertz CT molecular complexity index is 451. The number of ether oxygens (including phenoxy) is 1. The summed E-state index contributed by atoms with van der Waals surface area (Å²) >= 11 is 0. The van der Waals surface area contributed by atoms with Gasteiger partial charge in [0.15, 0.2) is 5.54 Å². The number of nitrogens with two attached hydrogens (primary N) is 1. The lowest BCUT2D eigenvalue weighted by Crippen LogP contribution is -2.55. The van der Waals surface area contributed by atoms with E-state index in [2.05, 4.69) is 20.5 Å². The predicted octanol–water partition coefficient (Wildman–Crippen LogP) is -1.64. The number of nitrogens with zero attached hydrogens (tertiary/aromatic N) is 2. The fraction of sp³-hybridized carbons (Fsp3) is 0.500. The van der Waals surface area contributed by atoms with Crippen LogP contribution in [0.4, 0.5) is 5.95 Å². The van der Waals surface area contributed by atoms with Crippen molar-refractivity contribution in [2.75, 3.05) is 18.9 Å². The largest absolute Gasteiger partial charge is 0.479 e. The van der Waals surface area contributed by atoms with Crippen LogP contribution in [0.5, 0.6) is 0 Å². The zero-order valence-electron chi connectivity index (χ0n) is 8.77. The van der Waals surface area contributed by atoms with Crippen molar-refractivity contribution in [2.45, 2.75) is 12.0 Å². The number of amides is 1. The quantitative estimate of drug-likeness (QED) is 0.496. The molecule has 1 amide bonds. The Morgan fingerprint density at radius 2 is 2.35 bits per heavy atom. The molecule has 2 heterocycles. The first-order valence-electron chi connectivity index (χ1n) is 4.85.